The molecule has 0 aliphatic carbocycles. The van der Waals surface area contributed by atoms with Gasteiger partial charge in [0.05, 0.1) is 0 Å². The average molecular weight is 369 g/mol. The van der Waals surface area contributed by atoms with Crippen LogP contribution in [0.4, 0.5) is 17.3 Å². The second-order valence-corrected chi connectivity index (χ2v) is 7.22. The van der Waals surface area contributed by atoms with Gasteiger partial charge in [0, 0.05) is 13.6 Å². The van der Waals surface area contributed by atoms with E-state index in [2.05, 4.69) is 20.6 Å². The highest BCUT2D eigenvalue weighted by Crippen LogP contribution is 2.36. The van der Waals surface area contributed by atoms with Crippen LogP contribution in [0.5, 0.6) is 11.5 Å². The molecule has 1 aromatic carbocycles. The lowest BCUT2D eigenvalue weighted by atomic mass is 10.0. The quantitative estimate of drug-likeness (QED) is 0.856. The van der Waals surface area contributed by atoms with Crippen molar-refractivity contribution in [3.8, 4) is 11.5 Å². The Labute approximate surface area is 157 Å². The standard InChI is InChI=1S/C19H23N5O3/c1-10(2)15-19(25)23-16-17(22-15)20-11(3)21-18(16)24(4)8-12-5-6-13-14(7-12)27-9-26-13/h5-7,10,15H,8-9H2,1-4H3,(H,23,25)(H,20,21,22). The zero-order valence-corrected chi connectivity index (χ0v) is 15.9. The van der Waals surface area contributed by atoms with Crippen molar-refractivity contribution in [1.82, 2.24) is 9.97 Å². The maximum absolute atomic E-state index is 12.5. The first-order chi connectivity index (χ1) is 12.9. The van der Waals surface area contributed by atoms with E-state index < -0.39 is 0 Å². The first-order valence-electron chi connectivity index (χ1n) is 8.98. The summed E-state index contributed by atoms with van der Waals surface area (Å²) < 4.78 is 10.8. The molecule has 8 nitrogen and oxygen atoms in total. The molecular formula is C19H23N5O3. The lowest BCUT2D eigenvalue weighted by molar-refractivity contribution is -0.117. The number of nitrogens with one attached hydrogen (secondary N) is 2. The average Bonchev–Trinajstić information content (AvgIpc) is 3.08. The molecule has 0 fully saturated rings. The second-order valence-electron chi connectivity index (χ2n) is 7.22. The van der Waals surface area contributed by atoms with Crippen LogP contribution in [0.15, 0.2) is 18.2 Å². The molecule has 8 heteroatoms. The summed E-state index contributed by atoms with van der Waals surface area (Å²) in [5.74, 6) is 3.58. The van der Waals surface area contributed by atoms with Crippen molar-refractivity contribution < 1.29 is 14.3 Å². The molecule has 3 heterocycles. The van der Waals surface area contributed by atoms with Gasteiger partial charge in [-0.2, -0.15) is 0 Å². The van der Waals surface area contributed by atoms with Crippen molar-refractivity contribution >= 4 is 23.2 Å². The SMILES string of the molecule is Cc1nc2c(c(N(C)Cc3ccc4c(c3)OCO4)n1)NC(=O)C(C(C)C)N2. The highest BCUT2D eigenvalue weighted by molar-refractivity contribution is 6.05. The second kappa shape index (κ2) is 6.61. The summed E-state index contributed by atoms with van der Waals surface area (Å²) in [6.45, 7) is 6.71. The molecule has 142 valence electrons. The van der Waals surface area contributed by atoms with E-state index in [9.17, 15) is 4.79 Å². The fourth-order valence-electron chi connectivity index (χ4n) is 3.32. The number of amides is 1. The van der Waals surface area contributed by atoms with Crippen LogP contribution < -0.4 is 25.0 Å². The highest BCUT2D eigenvalue weighted by atomic mass is 16.7. The Balaban J connectivity index is 1.63. The van der Waals surface area contributed by atoms with Crippen LogP contribution in [-0.2, 0) is 11.3 Å². The van der Waals surface area contributed by atoms with Crippen LogP contribution in [-0.4, -0.2) is 35.8 Å². The summed E-state index contributed by atoms with van der Waals surface area (Å²) in [6.07, 6.45) is 0. The number of anilines is 3. The van der Waals surface area contributed by atoms with Gasteiger partial charge >= 0.3 is 0 Å². The number of aromatic nitrogens is 2. The van der Waals surface area contributed by atoms with Gasteiger partial charge in [0.15, 0.2) is 23.1 Å². The van der Waals surface area contributed by atoms with Gasteiger partial charge < -0.3 is 25.0 Å². The predicted octanol–water partition coefficient (Wildman–Crippen LogP) is 2.54. The van der Waals surface area contributed by atoms with E-state index in [0.717, 1.165) is 17.1 Å². The van der Waals surface area contributed by atoms with E-state index in [1.54, 1.807) is 0 Å². The molecule has 0 saturated carbocycles. The third kappa shape index (κ3) is 3.22. The lowest BCUT2D eigenvalue weighted by Gasteiger charge is -2.31. The Kier molecular flexibility index (Phi) is 4.25. The monoisotopic (exact) mass is 369 g/mol. The molecule has 1 aromatic heterocycles. The Hall–Kier alpha value is -3.03. The molecule has 0 spiro atoms. The molecule has 1 unspecified atom stereocenters. The minimum atomic E-state index is -0.307. The van der Waals surface area contributed by atoms with Crippen molar-refractivity contribution in [2.24, 2.45) is 5.92 Å². The van der Waals surface area contributed by atoms with Crippen molar-refractivity contribution in [2.45, 2.75) is 33.4 Å². The van der Waals surface area contributed by atoms with Gasteiger partial charge in [-0.1, -0.05) is 19.9 Å². The molecule has 2 aliphatic rings. The van der Waals surface area contributed by atoms with Crippen LogP contribution in [0.25, 0.3) is 0 Å². The van der Waals surface area contributed by atoms with Gasteiger partial charge in [-0.3, -0.25) is 4.79 Å². The van der Waals surface area contributed by atoms with Gasteiger partial charge in [0.2, 0.25) is 12.7 Å². The van der Waals surface area contributed by atoms with Crippen LogP contribution in [0, 0.1) is 12.8 Å². The van der Waals surface area contributed by atoms with E-state index in [0.29, 0.717) is 29.7 Å². The summed E-state index contributed by atoms with van der Waals surface area (Å²) in [6, 6.07) is 5.56. The van der Waals surface area contributed by atoms with E-state index in [1.807, 2.05) is 50.9 Å². The molecule has 2 aromatic rings. The maximum Gasteiger partial charge on any atom is 0.247 e. The smallest absolute Gasteiger partial charge is 0.247 e. The minimum absolute atomic E-state index is 0.0670. The largest absolute Gasteiger partial charge is 0.454 e. The Morgan fingerprint density at radius 3 is 2.81 bits per heavy atom. The normalized spacial score (nSPS) is 17.4. The highest BCUT2D eigenvalue weighted by Gasteiger charge is 2.32. The number of carbonyl (C=O) groups excluding carboxylic acids is 1. The molecule has 27 heavy (non-hydrogen) atoms. The molecule has 0 bridgehead atoms. The Morgan fingerprint density at radius 1 is 1.26 bits per heavy atom. The van der Waals surface area contributed by atoms with Crippen molar-refractivity contribution in [3.05, 3.63) is 29.6 Å². The molecule has 1 amide bonds. The van der Waals surface area contributed by atoms with Crippen LogP contribution in [0.2, 0.25) is 0 Å². The number of fused-ring (bicyclic) bond motifs is 2. The molecule has 4 rings (SSSR count). The number of benzene rings is 1. The zero-order chi connectivity index (χ0) is 19.1. The van der Waals surface area contributed by atoms with Gasteiger partial charge in [-0.25, -0.2) is 9.97 Å². The van der Waals surface area contributed by atoms with Crippen molar-refractivity contribution in [3.63, 3.8) is 0 Å². The minimum Gasteiger partial charge on any atom is -0.454 e. The number of carbonyl (C=O) groups is 1. The Bertz CT molecular complexity index is 899. The molecule has 1 atom stereocenters. The molecule has 2 aliphatic heterocycles. The predicted molar refractivity (Wildman–Crippen MR) is 102 cm³/mol. The third-order valence-electron chi connectivity index (χ3n) is 4.71. The van der Waals surface area contributed by atoms with Gasteiger partial charge in [-0.05, 0) is 30.5 Å². The summed E-state index contributed by atoms with van der Waals surface area (Å²) in [5, 5.41) is 6.24. The molecule has 0 radical (unpaired) electrons. The first kappa shape index (κ1) is 17.4. The number of hydrogen-bond acceptors (Lipinski definition) is 7. The topological polar surface area (TPSA) is 88.6 Å². The number of rotatable bonds is 4. The van der Waals surface area contributed by atoms with Gasteiger partial charge in [0.1, 0.15) is 17.6 Å². The molecular weight excluding hydrogens is 346 g/mol. The number of aryl methyl sites for hydroxylation is 1. The summed E-state index contributed by atoms with van der Waals surface area (Å²) >= 11 is 0. The van der Waals surface area contributed by atoms with Crippen LogP contribution in [0.3, 0.4) is 0 Å². The van der Waals surface area contributed by atoms with Gasteiger partial charge in [0.25, 0.3) is 0 Å². The van der Waals surface area contributed by atoms with E-state index >= 15 is 0 Å². The number of hydrogen-bond donors (Lipinski definition) is 2. The summed E-state index contributed by atoms with van der Waals surface area (Å²) in [7, 11) is 1.94. The summed E-state index contributed by atoms with van der Waals surface area (Å²) in [5.41, 5.74) is 1.67. The van der Waals surface area contributed by atoms with E-state index in [4.69, 9.17) is 9.47 Å². The number of ether oxygens (including phenoxy) is 2. The third-order valence-corrected chi connectivity index (χ3v) is 4.71. The van der Waals surface area contributed by atoms with Crippen molar-refractivity contribution in [1.29, 1.82) is 0 Å². The summed E-state index contributed by atoms with van der Waals surface area (Å²) in [4.78, 5) is 23.5. The zero-order valence-electron chi connectivity index (χ0n) is 15.9. The van der Waals surface area contributed by atoms with E-state index in [1.165, 1.54) is 0 Å². The number of nitrogens with zero attached hydrogens (tertiary/aromatic N) is 3. The fraction of sp³-hybridized carbons (Fsp3) is 0.421. The van der Waals surface area contributed by atoms with Crippen LogP contribution in [0.1, 0.15) is 25.2 Å². The molecule has 2 N–H and O–H groups in total. The first-order valence-corrected chi connectivity index (χ1v) is 8.98. The fourth-order valence-corrected chi connectivity index (χ4v) is 3.32. The maximum atomic E-state index is 12.5. The lowest BCUT2D eigenvalue weighted by Crippen LogP contribution is -2.43. The van der Waals surface area contributed by atoms with E-state index in [-0.39, 0.29) is 24.7 Å². The Morgan fingerprint density at radius 2 is 2.04 bits per heavy atom. The van der Waals surface area contributed by atoms with Crippen LogP contribution >= 0.6 is 0 Å². The molecule has 0 saturated heterocycles. The van der Waals surface area contributed by atoms with Gasteiger partial charge in [-0.15, -0.1) is 0 Å². The van der Waals surface area contributed by atoms with Crippen molar-refractivity contribution in [2.75, 3.05) is 29.4 Å².